The van der Waals surface area contributed by atoms with Crippen molar-refractivity contribution in [1.82, 2.24) is 20.4 Å². The third kappa shape index (κ3) is 2.57. The molecule has 88 valence electrons. The highest BCUT2D eigenvalue weighted by atomic mass is 16.2. The van der Waals surface area contributed by atoms with Gasteiger partial charge in [0.1, 0.15) is 5.82 Å². The van der Waals surface area contributed by atoms with E-state index in [1.165, 1.54) is 6.20 Å². The second-order valence-electron chi connectivity index (χ2n) is 3.61. The van der Waals surface area contributed by atoms with Crippen molar-refractivity contribution in [2.45, 2.75) is 0 Å². The molecule has 2 rings (SSSR count). The van der Waals surface area contributed by atoms with E-state index in [9.17, 15) is 4.79 Å². The van der Waals surface area contributed by atoms with Gasteiger partial charge in [0.05, 0.1) is 18.1 Å². The van der Waals surface area contributed by atoms with Crippen LogP contribution >= 0.6 is 0 Å². The summed E-state index contributed by atoms with van der Waals surface area (Å²) in [5, 5.41) is 12.3. The topological polar surface area (TPSA) is 86.8 Å². The van der Waals surface area contributed by atoms with Crippen molar-refractivity contribution < 1.29 is 4.79 Å². The van der Waals surface area contributed by atoms with E-state index in [4.69, 9.17) is 0 Å². The molecule has 1 amide bonds. The second-order valence-corrected chi connectivity index (χ2v) is 3.61. The lowest BCUT2D eigenvalue weighted by molar-refractivity contribution is 0.102. The fraction of sp³-hybridized carbons (Fsp3) is 0.200. The molecule has 0 aliphatic heterocycles. The summed E-state index contributed by atoms with van der Waals surface area (Å²) in [6.45, 7) is 0. The van der Waals surface area contributed by atoms with Gasteiger partial charge in [-0.2, -0.15) is 15.4 Å². The van der Waals surface area contributed by atoms with E-state index in [0.29, 0.717) is 5.69 Å². The van der Waals surface area contributed by atoms with Gasteiger partial charge in [-0.1, -0.05) is 0 Å². The Labute approximate surface area is 97.9 Å². The number of anilines is 2. The van der Waals surface area contributed by atoms with E-state index in [0.717, 1.165) is 5.82 Å². The van der Waals surface area contributed by atoms with Crippen LogP contribution in [0.2, 0.25) is 0 Å². The van der Waals surface area contributed by atoms with Crippen molar-refractivity contribution in [3.05, 3.63) is 30.2 Å². The second kappa shape index (κ2) is 4.60. The first-order valence-electron chi connectivity index (χ1n) is 4.97. The molecule has 0 atom stereocenters. The lowest BCUT2D eigenvalue weighted by atomic mass is 10.3. The molecule has 0 fully saturated rings. The van der Waals surface area contributed by atoms with Crippen LogP contribution in [0.1, 0.15) is 10.5 Å². The number of H-pyrrole nitrogens is 1. The largest absolute Gasteiger partial charge is 0.363 e. The number of amides is 1. The van der Waals surface area contributed by atoms with Gasteiger partial charge in [0.2, 0.25) is 0 Å². The summed E-state index contributed by atoms with van der Waals surface area (Å²) >= 11 is 0. The van der Waals surface area contributed by atoms with Gasteiger partial charge in [0.25, 0.3) is 5.91 Å². The molecule has 2 heterocycles. The number of carbonyl (C=O) groups is 1. The zero-order valence-corrected chi connectivity index (χ0v) is 9.51. The monoisotopic (exact) mass is 232 g/mol. The average Bonchev–Trinajstić information content (AvgIpc) is 2.83. The minimum Gasteiger partial charge on any atom is -0.363 e. The third-order valence-corrected chi connectivity index (χ3v) is 2.11. The van der Waals surface area contributed by atoms with Gasteiger partial charge in [-0.3, -0.25) is 4.79 Å². The van der Waals surface area contributed by atoms with Crippen LogP contribution in [0.25, 0.3) is 0 Å². The minimum atomic E-state index is -0.321. The van der Waals surface area contributed by atoms with Gasteiger partial charge in [-0.25, -0.2) is 4.98 Å². The number of nitrogens with zero attached hydrogens (tertiary/aromatic N) is 4. The van der Waals surface area contributed by atoms with Crippen LogP contribution < -0.4 is 10.2 Å². The smallest absolute Gasteiger partial charge is 0.277 e. The van der Waals surface area contributed by atoms with Crippen molar-refractivity contribution in [3.63, 3.8) is 0 Å². The first-order valence-corrected chi connectivity index (χ1v) is 4.97. The van der Waals surface area contributed by atoms with Gasteiger partial charge in [-0.15, -0.1) is 0 Å². The molecule has 0 saturated heterocycles. The van der Waals surface area contributed by atoms with Crippen LogP contribution in [0.5, 0.6) is 0 Å². The standard InChI is InChI=1S/C10H12N6O/c1-16(2)9-4-3-7(5-11-9)13-10(17)8-6-12-15-14-8/h3-6H,1-2H3,(H,13,17)(H,12,14,15). The number of hydrogen-bond acceptors (Lipinski definition) is 5. The van der Waals surface area contributed by atoms with Crippen LogP contribution in [0, 0.1) is 0 Å². The summed E-state index contributed by atoms with van der Waals surface area (Å²) in [7, 11) is 3.80. The summed E-state index contributed by atoms with van der Waals surface area (Å²) in [4.78, 5) is 17.7. The number of pyridine rings is 1. The summed E-state index contributed by atoms with van der Waals surface area (Å²) in [6, 6.07) is 3.60. The molecular formula is C10H12N6O. The molecule has 0 bridgehead atoms. The molecule has 2 N–H and O–H groups in total. The van der Waals surface area contributed by atoms with E-state index in [-0.39, 0.29) is 11.6 Å². The summed E-state index contributed by atoms with van der Waals surface area (Å²) < 4.78 is 0. The minimum absolute atomic E-state index is 0.238. The Morgan fingerprint density at radius 2 is 2.18 bits per heavy atom. The van der Waals surface area contributed by atoms with Crippen molar-refractivity contribution in [2.75, 3.05) is 24.3 Å². The molecule has 0 saturated carbocycles. The predicted molar refractivity (Wildman–Crippen MR) is 62.9 cm³/mol. The van der Waals surface area contributed by atoms with Gasteiger partial charge >= 0.3 is 0 Å². The lowest BCUT2D eigenvalue weighted by Gasteiger charge is -2.11. The molecule has 17 heavy (non-hydrogen) atoms. The van der Waals surface area contributed by atoms with Gasteiger partial charge < -0.3 is 10.2 Å². The third-order valence-electron chi connectivity index (χ3n) is 2.11. The van der Waals surface area contributed by atoms with Crippen LogP contribution in [-0.4, -0.2) is 40.4 Å². The Morgan fingerprint density at radius 1 is 1.35 bits per heavy atom. The maximum atomic E-state index is 11.6. The summed E-state index contributed by atoms with van der Waals surface area (Å²) in [5.74, 6) is 0.502. The van der Waals surface area contributed by atoms with Crippen molar-refractivity contribution in [2.24, 2.45) is 0 Å². The van der Waals surface area contributed by atoms with Crippen molar-refractivity contribution >= 4 is 17.4 Å². The number of hydrogen-bond donors (Lipinski definition) is 2. The fourth-order valence-electron chi connectivity index (χ4n) is 1.23. The lowest BCUT2D eigenvalue weighted by Crippen LogP contribution is -2.14. The van der Waals surface area contributed by atoms with Crippen molar-refractivity contribution in [1.29, 1.82) is 0 Å². The molecule has 0 aromatic carbocycles. The highest BCUT2D eigenvalue weighted by molar-refractivity contribution is 6.02. The Hall–Kier alpha value is -2.44. The first-order chi connectivity index (χ1) is 8.16. The van der Waals surface area contributed by atoms with Gasteiger partial charge in [0, 0.05) is 14.1 Å². The molecule has 2 aromatic heterocycles. The highest BCUT2D eigenvalue weighted by Gasteiger charge is 2.08. The van der Waals surface area contributed by atoms with E-state index in [2.05, 4.69) is 25.7 Å². The van der Waals surface area contributed by atoms with Crippen LogP contribution in [0.15, 0.2) is 24.5 Å². The summed E-state index contributed by atoms with van der Waals surface area (Å²) in [5.41, 5.74) is 0.852. The fourth-order valence-corrected chi connectivity index (χ4v) is 1.23. The van der Waals surface area contributed by atoms with Crippen molar-refractivity contribution in [3.8, 4) is 0 Å². The normalized spacial score (nSPS) is 10.0. The van der Waals surface area contributed by atoms with E-state index < -0.39 is 0 Å². The van der Waals surface area contributed by atoms with E-state index in [1.807, 2.05) is 25.1 Å². The molecule has 7 nitrogen and oxygen atoms in total. The van der Waals surface area contributed by atoms with Crippen LogP contribution in [0.4, 0.5) is 11.5 Å². The van der Waals surface area contributed by atoms with Gasteiger partial charge in [0.15, 0.2) is 5.69 Å². The first kappa shape index (κ1) is 11.1. The SMILES string of the molecule is CN(C)c1ccc(NC(=O)c2cn[nH]n2)cn1. The predicted octanol–water partition coefficient (Wildman–Crippen LogP) is 0.518. The maximum absolute atomic E-state index is 11.6. The molecule has 7 heteroatoms. The number of rotatable bonds is 3. The summed E-state index contributed by atoms with van der Waals surface area (Å²) in [6.07, 6.45) is 2.95. The molecular weight excluding hydrogens is 220 g/mol. The zero-order chi connectivity index (χ0) is 12.3. The van der Waals surface area contributed by atoms with Gasteiger partial charge in [-0.05, 0) is 12.1 Å². The Balaban J connectivity index is 2.07. The number of nitrogens with one attached hydrogen (secondary N) is 2. The van der Waals surface area contributed by atoms with E-state index >= 15 is 0 Å². The molecule has 0 aliphatic rings. The number of carbonyl (C=O) groups excluding carboxylic acids is 1. The maximum Gasteiger partial charge on any atom is 0.277 e. The Kier molecular flexibility index (Phi) is 2.99. The molecule has 0 radical (unpaired) electrons. The zero-order valence-electron chi connectivity index (χ0n) is 9.51. The Bertz CT molecular complexity index is 490. The van der Waals surface area contributed by atoms with Crippen LogP contribution in [-0.2, 0) is 0 Å². The molecule has 2 aromatic rings. The average molecular weight is 232 g/mol. The van der Waals surface area contributed by atoms with Crippen LogP contribution in [0.3, 0.4) is 0 Å². The number of aromatic nitrogens is 4. The number of aromatic amines is 1. The molecule has 0 spiro atoms. The molecule has 0 aliphatic carbocycles. The van der Waals surface area contributed by atoms with E-state index in [1.54, 1.807) is 12.3 Å². The highest BCUT2D eigenvalue weighted by Crippen LogP contribution is 2.12. The Morgan fingerprint density at radius 3 is 2.71 bits per heavy atom. The molecule has 0 unspecified atom stereocenters. The quantitative estimate of drug-likeness (QED) is 0.805.